The fraction of sp³-hybridized carbons (Fsp3) is 0.393. The lowest BCUT2D eigenvalue weighted by Crippen LogP contribution is -2.72. The molecule has 2 aromatic carbocycles. The first-order valence-corrected chi connectivity index (χ1v) is 12.1. The van der Waals surface area contributed by atoms with E-state index in [-0.39, 0.29) is 17.7 Å². The quantitative estimate of drug-likeness (QED) is 0.327. The summed E-state index contributed by atoms with van der Waals surface area (Å²) in [7, 11) is 0. The van der Waals surface area contributed by atoms with Gasteiger partial charge in [0.05, 0.1) is 17.5 Å². The molecule has 0 saturated carbocycles. The number of amides is 2. The Kier molecular flexibility index (Phi) is 7.28. The molecular formula is C28H34N4O4. The number of hydrogen-bond donors (Lipinski definition) is 3. The van der Waals surface area contributed by atoms with E-state index < -0.39 is 11.4 Å². The minimum atomic E-state index is -0.718. The number of carbonyl (C=O) groups excluding carboxylic acids is 2. The van der Waals surface area contributed by atoms with Crippen LogP contribution in [-0.4, -0.2) is 52.1 Å². The van der Waals surface area contributed by atoms with E-state index in [1.807, 2.05) is 37.3 Å². The number of aryl methyl sites for hydroxylation is 1. The number of ether oxygens (including phenoxy) is 1. The van der Waals surface area contributed by atoms with Crippen LogP contribution in [0.5, 0.6) is 5.75 Å². The Balaban J connectivity index is 1.40. The zero-order chi connectivity index (χ0) is 25.9. The number of nitrogens with zero attached hydrogens (tertiary/aromatic N) is 2. The Morgan fingerprint density at radius 3 is 2.47 bits per heavy atom. The minimum absolute atomic E-state index is 0.0103. The highest BCUT2D eigenvalue weighted by molar-refractivity contribution is 5.95. The van der Waals surface area contributed by atoms with Crippen molar-refractivity contribution in [3.63, 3.8) is 0 Å². The van der Waals surface area contributed by atoms with Gasteiger partial charge in [-0.05, 0) is 48.7 Å². The second-order valence-corrected chi connectivity index (χ2v) is 10.9. The highest BCUT2D eigenvalue weighted by Gasteiger charge is 2.46. The van der Waals surface area contributed by atoms with Gasteiger partial charge in [0.2, 0.25) is 5.91 Å². The monoisotopic (exact) mass is 490 g/mol. The van der Waals surface area contributed by atoms with Crippen LogP contribution in [0, 0.1) is 12.3 Å². The SMILES string of the molecule is Cc1cc(COc2ccc(C(=O)NC3(CC(=O)NO)CN(CC(C)(C)C)C3)cc2)c2ccccc2n1. The van der Waals surface area contributed by atoms with Crippen molar-refractivity contribution in [2.24, 2.45) is 5.41 Å². The lowest BCUT2D eigenvalue weighted by molar-refractivity contribution is -0.132. The molecule has 0 spiro atoms. The number of benzene rings is 2. The smallest absolute Gasteiger partial charge is 0.251 e. The zero-order valence-electron chi connectivity index (χ0n) is 21.3. The molecule has 2 amide bonds. The first-order chi connectivity index (χ1) is 17.1. The standard InChI is InChI=1S/C28H34N4O4/c1-19-13-21(23-7-5-6-8-24(23)29-19)15-36-22-11-9-20(10-12-22)26(34)30-28(14-25(33)31-35)17-32(18-28)16-27(2,3)4/h5-13,35H,14-18H2,1-4H3,(H,30,34)(H,31,33). The summed E-state index contributed by atoms with van der Waals surface area (Å²) < 4.78 is 6.00. The van der Waals surface area contributed by atoms with E-state index in [1.54, 1.807) is 29.7 Å². The summed E-state index contributed by atoms with van der Waals surface area (Å²) in [5, 5.41) is 13.1. The third-order valence-electron chi connectivity index (χ3n) is 6.19. The van der Waals surface area contributed by atoms with E-state index in [9.17, 15) is 9.59 Å². The summed E-state index contributed by atoms with van der Waals surface area (Å²) >= 11 is 0. The van der Waals surface area contributed by atoms with Crippen LogP contribution in [0.25, 0.3) is 10.9 Å². The second kappa shape index (κ2) is 10.2. The van der Waals surface area contributed by atoms with Crippen molar-refractivity contribution in [1.82, 2.24) is 20.7 Å². The minimum Gasteiger partial charge on any atom is -0.489 e. The fourth-order valence-corrected chi connectivity index (χ4v) is 4.87. The van der Waals surface area contributed by atoms with Crippen LogP contribution in [0.1, 0.15) is 48.8 Å². The highest BCUT2D eigenvalue weighted by atomic mass is 16.5. The largest absolute Gasteiger partial charge is 0.489 e. The van der Waals surface area contributed by atoms with Gasteiger partial charge in [-0.15, -0.1) is 0 Å². The zero-order valence-corrected chi connectivity index (χ0v) is 21.3. The summed E-state index contributed by atoms with van der Waals surface area (Å²) in [4.78, 5) is 31.7. The Bertz CT molecular complexity index is 1240. The number of hydroxylamine groups is 1. The van der Waals surface area contributed by atoms with Crippen LogP contribution < -0.4 is 15.5 Å². The molecule has 4 rings (SSSR count). The van der Waals surface area contributed by atoms with Gasteiger partial charge < -0.3 is 10.1 Å². The molecule has 0 unspecified atom stereocenters. The van der Waals surface area contributed by atoms with Crippen molar-refractivity contribution in [3.8, 4) is 5.75 Å². The third kappa shape index (κ3) is 6.19. The van der Waals surface area contributed by atoms with Gasteiger partial charge in [0, 0.05) is 41.8 Å². The van der Waals surface area contributed by atoms with E-state index in [4.69, 9.17) is 9.94 Å². The molecule has 36 heavy (non-hydrogen) atoms. The van der Waals surface area contributed by atoms with Crippen molar-refractivity contribution < 1.29 is 19.5 Å². The number of nitrogens with one attached hydrogen (secondary N) is 2. The number of aromatic nitrogens is 1. The highest BCUT2D eigenvalue weighted by Crippen LogP contribution is 2.29. The maximum atomic E-state index is 13.0. The fourth-order valence-electron chi connectivity index (χ4n) is 4.87. The topological polar surface area (TPSA) is 104 Å². The molecule has 2 heterocycles. The summed E-state index contributed by atoms with van der Waals surface area (Å²) in [6.45, 7) is 10.7. The Labute approximate surface area is 211 Å². The molecule has 1 aromatic heterocycles. The molecule has 0 atom stereocenters. The molecule has 1 aliphatic heterocycles. The van der Waals surface area contributed by atoms with Crippen LogP contribution >= 0.6 is 0 Å². The van der Waals surface area contributed by atoms with Gasteiger partial charge in [-0.25, -0.2) is 5.48 Å². The maximum absolute atomic E-state index is 13.0. The van der Waals surface area contributed by atoms with Crippen LogP contribution in [0.2, 0.25) is 0 Å². The van der Waals surface area contributed by atoms with E-state index >= 15 is 0 Å². The second-order valence-electron chi connectivity index (χ2n) is 10.9. The molecule has 0 aliphatic carbocycles. The Hall–Kier alpha value is -3.49. The van der Waals surface area contributed by atoms with Crippen molar-refractivity contribution in [1.29, 1.82) is 0 Å². The van der Waals surface area contributed by atoms with Crippen molar-refractivity contribution >= 4 is 22.7 Å². The van der Waals surface area contributed by atoms with E-state index in [0.29, 0.717) is 31.0 Å². The van der Waals surface area contributed by atoms with Crippen molar-refractivity contribution in [2.45, 2.75) is 46.3 Å². The van der Waals surface area contributed by atoms with E-state index in [2.05, 4.69) is 36.0 Å². The number of fused-ring (bicyclic) bond motifs is 1. The lowest BCUT2D eigenvalue weighted by atomic mass is 9.83. The predicted molar refractivity (Wildman–Crippen MR) is 138 cm³/mol. The van der Waals surface area contributed by atoms with Crippen LogP contribution in [-0.2, 0) is 11.4 Å². The number of likely N-dealkylation sites (tertiary alicyclic amines) is 1. The summed E-state index contributed by atoms with van der Waals surface area (Å²) in [5.74, 6) is -0.133. The maximum Gasteiger partial charge on any atom is 0.251 e. The van der Waals surface area contributed by atoms with Crippen molar-refractivity contribution in [2.75, 3.05) is 19.6 Å². The lowest BCUT2D eigenvalue weighted by Gasteiger charge is -2.52. The number of rotatable bonds is 8. The number of carbonyl (C=O) groups is 2. The van der Waals surface area contributed by atoms with Gasteiger partial charge >= 0.3 is 0 Å². The van der Waals surface area contributed by atoms with Gasteiger partial charge in [0.1, 0.15) is 12.4 Å². The molecule has 3 aromatic rings. The summed E-state index contributed by atoms with van der Waals surface area (Å²) in [6.07, 6.45) is 0.0103. The normalized spacial score (nSPS) is 15.2. The van der Waals surface area contributed by atoms with Gasteiger partial charge in [-0.3, -0.25) is 24.7 Å². The molecule has 8 heteroatoms. The molecule has 1 fully saturated rings. The van der Waals surface area contributed by atoms with Crippen molar-refractivity contribution in [3.05, 3.63) is 71.4 Å². The molecule has 190 valence electrons. The molecular weight excluding hydrogens is 456 g/mol. The first-order valence-electron chi connectivity index (χ1n) is 12.1. The average molecular weight is 491 g/mol. The third-order valence-corrected chi connectivity index (χ3v) is 6.19. The number of hydrogen-bond acceptors (Lipinski definition) is 6. The first kappa shape index (κ1) is 25.6. The van der Waals surface area contributed by atoms with Gasteiger partial charge in [0.25, 0.3) is 5.91 Å². The van der Waals surface area contributed by atoms with Crippen LogP contribution in [0.15, 0.2) is 54.6 Å². The number of pyridine rings is 1. The summed E-state index contributed by atoms with van der Waals surface area (Å²) in [6, 6.07) is 17.0. The Morgan fingerprint density at radius 2 is 1.81 bits per heavy atom. The molecule has 0 bridgehead atoms. The van der Waals surface area contributed by atoms with E-state index in [1.165, 1.54) is 0 Å². The van der Waals surface area contributed by atoms with E-state index in [0.717, 1.165) is 28.7 Å². The molecule has 1 aliphatic rings. The molecule has 1 saturated heterocycles. The molecule has 8 nitrogen and oxygen atoms in total. The molecule has 0 radical (unpaired) electrons. The van der Waals surface area contributed by atoms with Crippen LogP contribution in [0.4, 0.5) is 0 Å². The molecule has 3 N–H and O–H groups in total. The van der Waals surface area contributed by atoms with Crippen LogP contribution in [0.3, 0.4) is 0 Å². The number of para-hydroxylation sites is 1. The average Bonchev–Trinajstić information content (AvgIpc) is 2.80. The summed E-state index contributed by atoms with van der Waals surface area (Å²) in [5.41, 5.74) is 4.46. The van der Waals surface area contributed by atoms with Gasteiger partial charge in [-0.1, -0.05) is 39.0 Å². The predicted octanol–water partition coefficient (Wildman–Crippen LogP) is 3.85. The van der Waals surface area contributed by atoms with Gasteiger partial charge in [0.15, 0.2) is 0 Å². The van der Waals surface area contributed by atoms with Gasteiger partial charge in [-0.2, -0.15) is 0 Å². The Morgan fingerprint density at radius 1 is 1.11 bits per heavy atom.